The summed E-state index contributed by atoms with van der Waals surface area (Å²) in [6.45, 7) is 1.10. The van der Waals surface area contributed by atoms with E-state index in [-0.39, 0.29) is 12.5 Å². The molecule has 0 aliphatic carbocycles. The molecule has 0 aromatic carbocycles. The lowest BCUT2D eigenvalue weighted by atomic mass is 9.69. The second kappa shape index (κ2) is 4.54. The minimum atomic E-state index is -0.475. The molecule has 1 aromatic rings. The fraction of sp³-hybridized carbons (Fsp3) is 0.615. The Morgan fingerprint density at radius 2 is 2.32 bits per heavy atom. The summed E-state index contributed by atoms with van der Waals surface area (Å²) >= 11 is 0. The maximum Gasteiger partial charge on any atom is 0.236 e. The third kappa shape index (κ3) is 1.74. The first-order valence-corrected chi connectivity index (χ1v) is 6.39. The van der Waals surface area contributed by atoms with Gasteiger partial charge in [0.1, 0.15) is 0 Å². The second-order valence-electron chi connectivity index (χ2n) is 5.20. The number of fused-ring (bicyclic) bond motifs is 1. The van der Waals surface area contributed by atoms with Gasteiger partial charge in [0.05, 0.1) is 30.1 Å². The smallest absolute Gasteiger partial charge is 0.236 e. The van der Waals surface area contributed by atoms with Crippen LogP contribution in [0.5, 0.6) is 0 Å². The van der Waals surface area contributed by atoms with Gasteiger partial charge in [0.25, 0.3) is 0 Å². The normalized spacial score (nSPS) is 25.5. The number of nitrogens with zero attached hydrogens (tertiary/aromatic N) is 3. The Labute approximate surface area is 111 Å². The van der Waals surface area contributed by atoms with Crippen LogP contribution in [0.15, 0.2) is 6.20 Å². The molecule has 2 aliphatic rings. The van der Waals surface area contributed by atoms with E-state index in [1.54, 1.807) is 18.1 Å². The molecular weight excluding hydrogens is 246 g/mol. The van der Waals surface area contributed by atoms with Gasteiger partial charge in [-0.2, -0.15) is 0 Å². The molecule has 6 heteroatoms. The van der Waals surface area contributed by atoms with Crippen molar-refractivity contribution < 1.29 is 14.6 Å². The number of amides is 1. The van der Waals surface area contributed by atoms with E-state index in [1.165, 1.54) is 0 Å². The summed E-state index contributed by atoms with van der Waals surface area (Å²) in [5.74, 6) is -0.444. The van der Waals surface area contributed by atoms with Crippen molar-refractivity contribution in [3.63, 3.8) is 0 Å². The van der Waals surface area contributed by atoms with E-state index in [4.69, 9.17) is 4.74 Å². The summed E-state index contributed by atoms with van der Waals surface area (Å²) in [7, 11) is 1.72. The standard InChI is InChI=1S/C13H16N3O3/c1-16-9-6-14-8-15-11(9)10(12(16)18)13(7-17)2-4-19-5-3-13/h6,10,17H,2-5,7H2,1H3. The van der Waals surface area contributed by atoms with Crippen LogP contribution >= 0.6 is 0 Å². The molecule has 6 nitrogen and oxygen atoms in total. The maximum atomic E-state index is 12.5. The van der Waals surface area contributed by atoms with Gasteiger partial charge in [-0.25, -0.2) is 9.97 Å². The molecule has 1 fully saturated rings. The van der Waals surface area contributed by atoms with Crippen molar-refractivity contribution in [3.8, 4) is 0 Å². The molecule has 1 unspecified atom stereocenters. The first-order chi connectivity index (χ1) is 9.19. The minimum absolute atomic E-state index is 0.0279. The highest BCUT2D eigenvalue weighted by Crippen LogP contribution is 2.49. The summed E-state index contributed by atoms with van der Waals surface area (Å²) in [5.41, 5.74) is 0.920. The van der Waals surface area contributed by atoms with E-state index < -0.39 is 11.3 Å². The number of carbonyl (C=O) groups is 1. The Balaban J connectivity index is 2.06. The van der Waals surface area contributed by atoms with Crippen molar-refractivity contribution in [2.75, 3.05) is 31.8 Å². The van der Waals surface area contributed by atoms with Crippen molar-refractivity contribution in [2.45, 2.75) is 18.8 Å². The quantitative estimate of drug-likeness (QED) is 0.819. The lowest BCUT2D eigenvalue weighted by molar-refractivity contribution is -0.126. The van der Waals surface area contributed by atoms with Gasteiger partial charge in [0.15, 0.2) is 6.33 Å². The van der Waals surface area contributed by atoms with Gasteiger partial charge in [-0.05, 0) is 12.8 Å². The van der Waals surface area contributed by atoms with Crippen LogP contribution in [0.4, 0.5) is 5.69 Å². The topological polar surface area (TPSA) is 75.6 Å². The van der Waals surface area contributed by atoms with Crippen molar-refractivity contribution in [1.29, 1.82) is 0 Å². The lowest BCUT2D eigenvalue weighted by Gasteiger charge is -2.39. The number of likely N-dealkylation sites (N-methyl/N-ethyl adjacent to an activating group) is 1. The van der Waals surface area contributed by atoms with Gasteiger partial charge in [0, 0.05) is 25.7 Å². The van der Waals surface area contributed by atoms with Gasteiger partial charge in [-0.15, -0.1) is 0 Å². The Morgan fingerprint density at radius 3 is 3.00 bits per heavy atom. The summed E-state index contributed by atoms with van der Waals surface area (Å²) < 4.78 is 5.36. The van der Waals surface area contributed by atoms with Crippen LogP contribution in [0.3, 0.4) is 0 Å². The first-order valence-electron chi connectivity index (χ1n) is 6.39. The summed E-state index contributed by atoms with van der Waals surface area (Å²) in [4.78, 5) is 22.1. The van der Waals surface area contributed by atoms with Crippen LogP contribution in [-0.2, 0) is 9.53 Å². The van der Waals surface area contributed by atoms with E-state index in [0.29, 0.717) is 37.4 Å². The van der Waals surface area contributed by atoms with E-state index >= 15 is 0 Å². The molecule has 3 rings (SSSR count). The summed E-state index contributed by atoms with van der Waals surface area (Å²) in [6, 6.07) is 0. The molecule has 1 radical (unpaired) electrons. The van der Waals surface area contributed by atoms with Gasteiger partial charge < -0.3 is 14.7 Å². The first kappa shape index (κ1) is 12.5. The van der Waals surface area contributed by atoms with Gasteiger partial charge in [0.2, 0.25) is 5.91 Å². The highest BCUT2D eigenvalue weighted by Gasteiger charge is 2.51. The third-order valence-electron chi connectivity index (χ3n) is 4.31. The fourth-order valence-corrected chi connectivity index (χ4v) is 3.06. The van der Waals surface area contributed by atoms with Crippen molar-refractivity contribution in [3.05, 3.63) is 18.2 Å². The highest BCUT2D eigenvalue weighted by molar-refractivity contribution is 6.04. The second-order valence-corrected chi connectivity index (χ2v) is 5.20. The van der Waals surface area contributed by atoms with Crippen LogP contribution in [0.1, 0.15) is 24.5 Å². The molecule has 1 N–H and O–H groups in total. The summed E-state index contributed by atoms with van der Waals surface area (Å²) in [6.07, 6.45) is 5.48. The van der Waals surface area contributed by atoms with Crippen LogP contribution < -0.4 is 4.90 Å². The van der Waals surface area contributed by atoms with Gasteiger partial charge in [-0.1, -0.05) is 0 Å². The number of hydrogen-bond donors (Lipinski definition) is 1. The number of aliphatic hydroxyl groups is 1. The molecule has 2 aliphatic heterocycles. The molecule has 19 heavy (non-hydrogen) atoms. The zero-order valence-electron chi connectivity index (χ0n) is 10.8. The number of carbonyl (C=O) groups excluding carboxylic acids is 1. The van der Waals surface area contributed by atoms with Crippen molar-refractivity contribution in [1.82, 2.24) is 9.97 Å². The van der Waals surface area contributed by atoms with Gasteiger partial charge in [-0.3, -0.25) is 4.79 Å². The lowest BCUT2D eigenvalue weighted by Crippen LogP contribution is -2.43. The molecular formula is C13H16N3O3. The zero-order chi connectivity index (χ0) is 13.5. The number of ether oxygens (including phenoxy) is 1. The highest BCUT2D eigenvalue weighted by atomic mass is 16.5. The number of aliphatic hydroxyl groups excluding tert-OH is 1. The number of anilines is 1. The average Bonchev–Trinajstić information content (AvgIpc) is 2.73. The molecule has 1 aromatic heterocycles. The third-order valence-corrected chi connectivity index (χ3v) is 4.31. The van der Waals surface area contributed by atoms with E-state index in [9.17, 15) is 9.90 Å². The predicted molar refractivity (Wildman–Crippen MR) is 66.6 cm³/mol. The molecule has 0 saturated carbocycles. The zero-order valence-corrected chi connectivity index (χ0v) is 10.8. The minimum Gasteiger partial charge on any atom is -0.396 e. The Hall–Kier alpha value is -1.53. The number of hydrogen-bond acceptors (Lipinski definition) is 5. The Morgan fingerprint density at radius 1 is 1.58 bits per heavy atom. The van der Waals surface area contributed by atoms with Crippen LogP contribution in [0, 0.1) is 11.7 Å². The van der Waals surface area contributed by atoms with Crippen molar-refractivity contribution in [2.24, 2.45) is 5.41 Å². The molecule has 0 spiro atoms. The fourth-order valence-electron chi connectivity index (χ4n) is 3.06. The molecule has 1 saturated heterocycles. The molecule has 0 bridgehead atoms. The Kier molecular flexibility index (Phi) is 2.99. The average molecular weight is 262 g/mol. The number of rotatable bonds is 2. The molecule has 1 amide bonds. The van der Waals surface area contributed by atoms with E-state index in [0.717, 1.165) is 0 Å². The predicted octanol–water partition coefficient (Wildman–Crippen LogP) is 0.126. The molecule has 3 heterocycles. The Bertz CT molecular complexity index is 500. The molecule has 1 atom stereocenters. The number of aromatic nitrogens is 2. The van der Waals surface area contributed by atoms with E-state index in [2.05, 4.69) is 16.3 Å². The van der Waals surface area contributed by atoms with Crippen molar-refractivity contribution >= 4 is 11.6 Å². The van der Waals surface area contributed by atoms with Crippen LogP contribution in [-0.4, -0.2) is 47.8 Å². The van der Waals surface area contributed by atoms with Crippen LogP contribution in [0.25, 0.3) is 0 Å². The maximum absolute atomic E-state index is 12.5. The monoisotopic (exact) mass is 262 g/mol. The van der Waals surface area contributed by atoms with E-state index in [1.807, 2.05) is 0 Å². The summed E-state index contributed by atoms with van der Waals surface area (Å²) in [5, 5.41) is 9.85. The van der Waals surface area contributed by atoms with Crippen LogP contribution in [0.2, 0.25) is 0 Å². The van der Waals surface area contributed by atoms with Gasteiger partial charge >= 0.3 is 0 Å². The molecule has 101 valence electrons. The largest absolute Gasteiger partial charge is 0.396 e. The SMILES string of the molecule is CN1C(=O)C(C2(CO)CCOCC2)c2n[c]ncc21.